The summed E-state index contributed by atoms with van der Waals surface area (Å²) in [6.07, 6.45) is 5.61. The van der Waals surface area contributed by atoms with E-state index in [1.807, 2.05) is 36.7 Å². The summed E-state index contributed by atoms with van der Waals surface area (Å²) in [6, 6.07) is 20.6. The van der Waals surface area contributed by atoms with Crippen molar-refractivity contribution in [2.75, 3.05) is 37.6 Å². The molecule has 0 aliphatic carbocycles. The highest BCUT2D eigenvalue weighted by Crippen LogP contribution is 2.22. The highest BCUT2D eigenvalue weighted by molar-refractivity contribution is 5.79. The van der Waals surface area contributed by atoms with Gasteiger partial charge < -0.3 is 10.2 Å². The molecule has 1 saturated heterocycles. The van der Waals surface area contributed by atoms with Crippen LogP contribution in [0.3, 0.4) is 0 Å². The highest BCUT2D eigenvalue weighted by Gasteiger charge is 2.27. The number of nitrogens with one attached hydrogen (secondary N) is 1. The maximum atomic E-state index is 12.8. The summed E-state index contributed by atoms with van der Waals surface area (Å²) in [6.45, 7) is 7.08. The third-order valence-corrected chi connectivity index (χ3v) is 6.24. The van der Waals surface area contributed by atoms with E-state index in [9.17, 15) is 4.79 Å². The van der Waals surface area contributed by atoms with Crippen LogP contribution in [0.5, 0.6) is 0 Å². The summed E-state index contributed by atoms with van der Waals surface area (Å²) >= 11 is 0. The number of hydrogen-bond acceptors (Lipinski definition) is 5. The van der Waals surface area contributed by atoms with Crippen molar-refractivity contribution < 1.29 is 4.79 Å². The van der Waals surface area contributed by atoms with Crippen molar-refractivity contribution in [3.05, 3.63) is 78.6 Å². The molecule has 0 saturated carbocycles. The van der Waals surface area contributed by atoms with Crippen LogP contribution < -0.4 is 10.2 Å². The Morgan fingerprint density at radius 3 is 2.42 bits per heavy atom. The molecule has 0 radical (unpaired) electrons. The van der Waals surface area contributed by atoms with Crippen LogP contribution >= 0.6 is 0 Å². The Labute approximate surface area is 196 Å². The molecular formula is C27H33N5O. The van der Waals surface area contributed by atoms with Crippen LogP contribution in [0.25, 0.3) is 11.1 Å². The molecule has 172 valence electrons. The molecule has 1 fully saturated rings. The Hall–Kier alpha value is -3.25. The van der Waals surface area contributed by atoms with Crippen molar-refractivity contribution >= 4 is 11.9 Å². The van der Waals surface area contributed by atoms with Crippen molar-refractivity contribution in [1.82, 2.24) is 20.2 Å². The minimum absolute atomic E-state index is 0.0275. The lowest BCUT2D eigenvalue weighted by Gasteiger charge is -2.32. The molecule has 6 heteroatoms. The van der Waals surface area contributed by atoms with Crippen molar-refractivity contribution in [2.24, 2.45) is 5.92 Å². The number of benzene rings is 2. The lowest BCUT2D eigenvalue weighted by atomic mass is 9.97. The van der Waals surface area contributed by atoms with E-state index >= 15 is 0 Å². The van der Waals surface area contributed by atoms with E-state index in [1.165, 1.54) is 5.56 Å². The van der Waals surface area contributed by atoms with Crippen molar-refractivity contribution in [1.29, 1.82) is 0 Å². The van der Waals surface area contributed by atoms with Gasteiger partial charge in [0.15, 0.2) is 0 Å². The van der Waals surface area contributed by atoms with Gasteiger partial charge in [-0.05, 0) is 30.5 Å². The van der Waals surface area contributed by atoms with Gasteiger partial charge in [-0.25, -0.2) is 9.97 Å². The summed E-state index contributed by atoms with van der Waals surface area (Å²) in [5, 5.41) is 3.16. The first-order valence-electron chi connectivity index (χ1n) is 11.9. The molecule has 6 nitrogen and oxygen atoms in total. The second-order valence-electron chi connectivity index (χ2n) is 8.57. The summed E-state index contributed by atoms with van der Waals surface area (Å²) in [7, 11) is 0. The number of amides is 1. The molecule has 1 amide bonds. The molecule has 1 aromatic heterocycles. The topological polar surface area (TPSA) is 61.4 Å². The molecule has 4 rings (SSSR count). The smallest absolute Gasteiger partial charge is 0.225 e. The van der Waals surface area contributed by atoms with Crippen molar-refractivity contribution in [3.63, 3.8) is 0 Å². The maximum absolute atomic E-state index is 12.8. The van der Waals surface area contributed by atoms with Crippen molar-refractivity contribution in [3.8, 4) is 11.1 Å². The van der Waals surface area contributed by atoms with Gasteiger partial charge in [0, 0.05) is 50.7 Å². The van der Waals surface area contributed by atoms with E-state index in [1.54, 1.807) is 0 Å². The quantitative estimate of drug-likeness (QED) is 0.542. The number of nitrogens with zero attached hydrogens (tertiary/aromatic N) is 4. The number of anilines is 1. The molecular weight excluding hydrogens is 410 g/mol. The van der Waals surface area contributed by atoms with E-state index in [0.717, 1.165) is 50.1 Å². The molecule has 2 aromatic carbocycles. The monoisotopic (exact) mass is 443 g/mol. The van der Waals surface area contributed by atoms with Crippen LogP contribution in [-0.4, -0.2) is 53.5 Å². The number of carbonyl (C=O) groups is 1. The Morgan fingerprint density at radius 1 is 1.03 bits per heavy atom. The first-order chi connectivity index (χ1) is 16.2. The van der Waals surface area contributed by atoms with Gasteiger partial charge in [-0.15, -0.1) is 0 Å². The molecule has 2 heterocycles. The van der Waals surface area contributed by atoms with Gasteiger partial charge in [-0.1, -0.05) is 67.6 Å². The van der Waals surface area contributed by atoms with E-state index in [0.29, 0.717) is 19.0 Å². The number of aromatic nitrogens is 2. The number of piperidine rings is 1. The van der Waals surface area contributed by atoms with Crippen molar-refractivity contribution in [2.45, 2.75) is 26.3 Å². The first-order valence-corrected chi connectivity index (χ1v) is 11.9. The molecule has 1 aliphatic heterocycles. The lowest BCUT2D eigenvalue weighted by Crippen LogP contribution is -2.45. The van der Waals surface area contributed by atoms with Crippen LogP contribution in [0, 0.1) is 5.92 Å². The lowest BCUT2D eigenvalue weighted by molar-refractivity contribution is -0.125. The summed E-state index contributed by atoms with van der Waals surface area (Å²) in [5.41, 5.74) is 3.40. The third-order valence-electron chi connectivity index (χ3n) is 6.24. The zero-order chi connectivity index (χ0) is 22.9. The van der Waals surface area contributed by atoms with Gasteiger partial charge in [-0.2, -0.15) is 0 Å². The fourth-order valence-electron chi connectivity index (χ4n) is 4.31. The normalized spacial score (nSPS) is 16.1. The summed E-state index contributed by atoms with van der Waals surface area (Å²) in [4.78, 5) is 26.5. The van der Waals surface area contributed by atoms with Gasteiger partial charge in [0.05, 0.1) is 5.92 Å². The number of hydrogen-bond donors (Lipinski definition) is 1. The average molecular weight is 444 g/mol. The second-order valence-corrected chi connectivity index (χ2v) is 8.57. The second kappa shape index (κ2) is 11.6. The van der Waals surface area contributed by atoms with Crippen LogP contribution in [0.1, 0.15) is 25.3 Å². The molecule has 1 N–H and O–H groups in total. The molecule has 1 atom stereocenters. The predicted octanol–water partition coefficient (Wildman–Crippen LogP) is 4.00. The van der Waals surface area contributed by atoms with Gasteiger partial charge in [0.1, 0.15) is 0 Å². The standard InChI is InChI=1S/C27H33N5O/c1-2-31(20-22-10-5-3-6-11-22)17-15-28-26(33)24-14-9-16-32(21-24)27-29-18-25(19-30-27)23-12-7-4-8-13-23/h3-8,10-13,18-19,24H,2,9,14-17,20-21H2,1H3,(H,28,33)/t24-/m0/s1. The minimum Gasteiger partial charge on any atom is -0.355 e. The Balaban J connectivity index is 1.27. The maximum Gasteiger partial charge on any atom is 0.225 e. The van der Waals surface area contributed by atoms with Gasteiger partial charge >= 0.3 is 0 Å². The SMILES string of the molecule is CCN(CCNC(=O)[C@H]1CCCN(c2ncc(-c3ccccc3)cn2)C1)Cc1ccccc1. The summed E-state index contributed by atoms with van der Waals surface area (Å²) < 4.78 is 0. The Kier molecular flexibility index (Phi) is 8.04. The fraction of sp³-hybridized carbons (Fsp3) is 0.370. The van der Waals surface area contributed by atoms with Gasteiger partial charge in [0.25, 0.3) is 0 Å². The molecule has 33 heavy (non-hydrogen) atoms. The highest BCUT2D eigenvalue weighted by atomic mass is 16.1. The van der Waals surface area contributed by atoms with Gasteiger partial charge in [-0.3, -0.25) is 9.69 Å². The van der Waals surface area contributed by atoms with Crippen LogP contribution in [0.15, 0.2) is 73.1 Å². The predicted molar refractivity (Wildman–Crippen MR) is 133 cm³/mol. The van der Waals surface area contributed by atoms with Crippen LogP contribution in [0.4, 0.5) is 5.95 Å². The Morgan fingerprint density at radius 2 is 1.73 bits per heavy atom. The molecule has 0 bridgehead atoms. The molecule has 1 aliphatic rings. The van der Waals surface area contributed by atoms with Crippen LogP contribution in [-0.2, 0) is 11.3 Å². The van der Waals surface area contributed by atoms with E-state index in [2.05, 4.69) is 68.4 Å². The van der Waals surface area contributed by atoms with E-state index in [4.69, 9.17) is 0 Å². The number of rotatable bonds is 9. The van der Waals surface area contributed by atoms with E-state index in [-0.39, 0.29) is 11.8 Å². The number of carbonyl (C=O) groups excluding carboxylic acids is 1. The fourth-order valence-corrected chi connectivity index (χ4v) is 4.31. The number of likely N-dealkylation sites (N-methyl/N-ethyl adjacent to an activating group) is 1. The minimum atomic E-state index is -0.0275. The van der Waals surface area contributed by atoms with E-state index < -0.39 is 0 Å². The van der Waals surface area contributed by atoms with Gasteiger partial charge in [0.2, 0.25) is 11.9 Å². The largest absolute Gasteiger partial charge is 0.355 e. The zero-order valence-corrected chi connectivity index (χ0v) is 19.4. The zero-order valence-electron chi connectivity index (χ0n) is 19.4. The Bertz CT molecular complexity index is 994. The molecule has 0 unspecified atom stereocenters. The summed E-state index contributed by atoms with van der Waals surface area (Å²) in [5.74, 6) is 0.809. The first kappa shape index (κ1) is 22.9. The third kappa shape index (κ3) is 6.39. The molecule has 3 aromatic rings. The molecule has 0 spiro atoms. The average Bonchev–Trinajstić information content (AvgIpc) is 2.89. The van der Waals surface area contributed by atoms with Crippen LogP contribution in [0.2, 0.25) is 0 Å².